The molecule has 2 unspecified atom stereocenters. The molecule has 2 atom stereocenters. The van der Waals surface area contributed by atoms with E-state index in [2.05, 4.69) is 35.3 Å². The first-order valence-electron chi connectivity index (χ1n) is 8.70. The average Bonchev–Trinajstić information content (AvgIpc) is 3.40. The molecule has 120 valence electrons. The predicted molar refractivity (Wildman–Crippen MR) is 93.9 cm³/mol. The van der Waals surface area contributed by atoms with Crippen LogP contribution in [-0.2, 0) is 0 Å². The van der Waals surface area contributed by atoms with Gasteiger partial charge >= 0.3 is 0 Å². The summed E-state index contributed by atoms with van der Waals surface area (Å²) < 4.78 is 0. The van der Waals surface area contributed by atoms with E-state index in [0.29, 0.717) is 17.9 Å². The van der Waals surface area contributed by atoms with Gasteiger partial charge in [0.15, 0.2) is 0 Å². The minimum absolute atomic E-state index is 0.0164. The molecular weight excluding hydrogens is 282 g/mol. The van der Waals surface area contributed by atoms with E-state index in [9.17, 15) is 0 Å². The van der Waals surface area contributed by atoms with Gasteiger partial charge in [0, 0.05) is 24.0 Å². The second-order valence-electron chi connectivity index (χ2n) is 7.38. The maximum absolute atomic E-state index is 6.71. The smallest absolute Gasteiger partial charge is 0.0346 e. The van der Waals surface area contributed by atoms with Crippen LogP contribution in [0.3, 0.4) is 0 Å². The highest BCUT2D eigenvalue weighted by Gasteiger charge is 2.51. The van der Waals surface area contributed by atoms with E-state index in [1.165, 1.54) is 23.1 Å². The van der Waals surface area contributed by atoms with Crippen LogP contribution in [0.15, 0.2) is 48.8 Å². The van der Waals surface area contributed by atoms with Crippen LogP contribution in [0, 0.1) is 5.92 Å². The van der Waals surface area contributed by atoms with Crippen molar-refractivity contribution in [2.75, 3.05) is 0 Å². The van der Waals surface area contributed by atoms with Crippen LogP contribution < -0.4 is 11.5 Å². The Balaban J connectivity index is 1.46. The minimum Gasteiger partial charge on any atom is -0.328 e. The molecule has 23 heavy (non-hydrogen) atoms. The van der Waals surface area contributed by atoms with E-state index in [4.69, 9.17) is 11.5 Å². The molecular formula is C20H25N3. The number of nitrogens with zero attached hydrogens (tertiary/aromatic N) is 1. The van der Waals surface area contributed by atoms with Crippen LogP contribution in [-0.4, -0.2) is 16.6 Å². The highest BCUT2D eigenvalue weighted by Crippen LogP contribution is 2.56. The molecule has 1 aromatic heterocycles. The molecule has 3 nitrogen and oxygen atoms in total. The fraction of sp³-hybridized carbons (Fsp3) is 0.450. The molecule has 1 aromatic carbocycles. The van der Waals surface area contributed by atoms with Crippen molar-refractivity contribution in [1.29, 1.82) is 0 Å². The van der Waals surface area contributed by atoms with Crippen molar-refractivity contribution in [2.45, 2.75) is 49.6 Å². The van der Waals surface area contributed by atoms with Gasteiger partial charge in [0.2, 0.25) is 0 Å². The number of hydrogen-bond acceptors (Lipinski definition) is 3. The predicted octanol–water partition coefficient (Wildman–Crippen LogP) is 3.45. The standard InChI is InChI=1S/C20H25N3/c21-17-7-9-20(22,10-8-17)19-12-18(19)15-5-3-14(4-6-15)16-2-1-11-23-13-16/h1-6,11,13,17-19H,7-10,12,21-22H2. The van der Waals surface area contributed by atoms with Crippen molar-refractivity contribution in [3.8, 4) is 11.1 Å². The molecule has 2 aliphatic rings. The van der Waals surface area contributed by atoms with Gasteiger partial charge in [-0.25, -0.2) is 0 Å². The first-order valence-corrected chi connectivity index (χ1v) is 8.70. The number of pyridine rings is 1. The summed E-state index contributed by atoms with van der Waals surface area (Å²) in [5.41, 5.74) is 16.6. The molecule has 2 saturated carbocycles. The van der Waals surface area contributed by atoms with E-state index in [-0.39, 0.29) is 5.54 Å². The third kappa shape index (κ3) is 2.91. The Labute approximate surface area is 138 Å². The largest absolute Gasteiger partial charge is 0.328 e. The zero-order valence-corrected chi connectivity index (χ0v) is 13.5. The van der Waals surface area contributed by atoms with Gasteiger partial charge in [0.1, 0.15) is 0 Å². The monoisotopic (exact) mass is 307 g/mol. The Kier molecular flexibility index (Phi) is 3.70. The maximum Gasteiger partial charge on any atom is 0.0346 e. The quantitative estimate of drug-likeness (QED) is 0.913. The minimum atomic E-state index is 0.0164. The number of aromatic nitrogens is 1. The lowest BCUT2D eigenvalue weighted by atomic mass is 9.76. The lowest BCUT2D eigenvalue weighted by Crippen LogP contribution is -2.48. The van der Waals surface area contributed by atoms with Gasteiger partial charge in [-0.15, -0.1) is 0 Å². The van der Waals surface area contributed by atoms with E-state index in [1.54, 1.807) is 0 Å². The third-order valence-corrected chi connectivity index (χ3v) is 5.82. The topological polar surface area (TPSA) is 64.9 Å². The zero-order chi connectivity index (χ0) is 15.9. The maximum atomic E-state index is 6.71. The van der Waals surface area contributed by atoms with Crippen LogP contribution in [0.1, 0.15) is 43.6 Å². The summed E-state index contributed by atoms with van der Waals surface area (Å²) >= 11 is 0. The Morgan fingerprint density at radius 3 is 2.39 bits per heavy atom. The number of rotatable bonds is 3. The van der Waals surface area contributed by atoms with Gasteiger partial charge in [0.25, 0.3) is 0 Å². The van der Waals surface area contributed by atoms with Gasteiger partial charge in [0.05, 0.1) is 0 Å². The molecule has 0 aliphatic heterocycles. The van der Waals surface area contributed by atoms with Crippen LogP contribution >= 0.6 is 0 Å². The molecule has 4 N–H and O–H groups in total. The summed E-state index contributed by atoms with van der Waals surface area (Å²) in [6.45, 7) is 0. The molecule has 0 radical (unpaired) electrons. The van der Waals surface area contributed by atoms with E-state index < -0.39 is 0 Å². The fourth-order valence-corrected chi connectivity index (χ4v) is 4.20. The highest BCUT2D eigenvalue weighted by atomic mass is 14.8. The first kappa shape index (κ1) is 14.9. The van der Waals surface area contributed by atoms with Gasteiger partial charge in [-0.3, -0.25) is 4.98 Å². The highest BCUT2D eigenvalue weighted by molar-refractivity contribution is 5.62. The second-order valence-corrected chi connectivity index (χ2v) is 7.38. The Morgan fingerprint density at radius 2 is 1.74 bits per heavy atom. The number of benzene rings is 1. The Bertz CT molecular complexity index is 657. The Morgan fingerprint density at radius 1 is 1.00 bits per heavy atom. The molecule has 3 heteroatoms. The molecule has 0 bridgehead atoms. The lowest BCUT2D eigenvalue weighted by molar-refractivity contribution is 0.239. The van der Waals surface area contributed by atoms with Gasteiger partial charge in [-0.05, 0) is 66.7 Å². The summed E-state index contributed by atoms with van der Waals surface area (Å²) in [6, 6.07) is 13.4. The summed E-state index contributed by atoms with van der Waals surface area (Å²) in [4.78, 5) is 4.19. The molecule has 2 aromatic rings. The number of hydrogen-bond donors (Lipinski definition) is 2. The summed E-state index contributed by atoms with van der Waals surface area (Å²) in [5.74, 6) is 1.27. The van der Waals surface area contributed by atoms with Gasteiger partial charge < -0.3 is 11.5 Å². The van der Waals surface area contributed by atoms with Crippen molar-refractivity contribution in [2.24, 2.45) is 17.4 Å². The molecule has 2 aliphatic carbocycles. The normalized spacial score (nSPS) is 33.4. The molecule has 0 amide bonds. The molecule has 2 fully saturated rings. The average molecular weight is 307 g/mol. The van der Waals surface area contributed by atoms with Crippen molar-refractivity contribution in [3.63, 3.8) is 0 Å². The molecule has 0 spiro atoms. The van der Waals surface area contributed by atoms with E-state index in [0.717, 1.165) is 25.7 Å². The van der Waals surface area contributed by atoms with Crippen molar-refractivity contribution in [3.05, 3.63) is 54.4 Å². The van der Waals surface area contributed by atoms with Gasteiger partial charge in [-0.1, -0.05) is 30.3 Å². The Hall–Kier alpha value is -1.71. The molecule has 4 rings (SSSR count). The second kappa shape index (κ2) is 5.73. The zero-order valence-electron chi connectivity index (χ0n) is 13.5. The van der Waals surface area contributed by atoms with Crippen molar-refractivity contribution >= 4 is 0 Å². The SMILES string of the molecule is NC1CCC(N)(C2CC2c2ccc(-c3cccnc3)cc2)CC1. The summed E-state index contributed by atoms with van der Waals surface area (Å²) in [7, 11) is 0. The summed E-state index contributed by atoms with van der Waals surface area (Å²) in [6.07, 6.45) is 9.29. The third-order valence-electron chi connectivity index (χ3n) is 5.82. The molecule has 0 saturated heterocycles. The van der Waals surface area contributed by atoms with Crippen molar-refractivity contribution < 1.29 is 0 Å². The summed E-state index contributed by atoms with van der Waals surface area (Å²) in [5, 5.41) is 0. The van der Waals surface area contributed by atoms with Crippen LogP contribution in [0.4, 0.5) is 0 Å². The fourth-order valence-electron chi connectivity index (χ4n) is 4.20. The van der Waals surface area contributed by atoms with E-state index in [1.807, 2.05) is 18.5 Å². The van der Waals surface area contributed by atoms with E-state index >= 15 is 0 Å². The number of nitrogens with two attached hydrogens (primary N) is 2. The molecule has 1 heterocycles. The van der Waals surface area contributed by atoms with Crippen LogP contribution in [0.25, 0.3) is 11.1 Å². The van der Waals surface area contributed by atoms with Crippen LogP contribution in [0.5, 0.6) is 0 Å². The van der Waals surface area contributed by atoms with Gasteiger partial charge in [-0.2, -0.15) is 0 Å². The first-order chi connectivity index (χ1) is 11.2. The van der Waals surface area contributed by atoms with Crippen LogP contribution in [0.2, 0.25) is 0 Å². The van der Waals surface area contributed by atoms with Crippen molar-refractivity contribution in [1.82, 2.24) is 4.98 Å². The lowest BCUT2D eigenvalue weighted by Gasteiger charge is -2.36.